The highest BCUT2D eigenvalue weighted by Crippen LogP contribution is 2.29. The van der Waals surface area contributed by atoms with Crippen LogP contribution < -0.4 is 4.90 Å². The molecular weight excluding hydrogens is 390 g/mol. The SMILES string of the molecule is CCN1CCN(c2oc(-c3ccc(S(=O)(=O)N(CC)CC)cc3)nc2C#N)CC1. The molecule has 0 saturated carbocycles. The highest BCUT2D eigenvalue weighted by molar-refractivity contribution is 7.89. The van der Waals surface area contributed by atoms with Gasteiger partial charge in [0.25, 0.3) is 0 Å². The van der Waals surface area contributed by atoms with Crippen molar-refractivity contribution < 1.29 is 12.8 Å². The van der Waals surface area contributed by atoms with E-state index in [-0.39, 0.29) is 10.6 Å². The molecule has 1 aromatic heterocycles. The Labute approximate surface area is 172 Å². The number of anilines is 1. The second kappa shape index (κ2) is 8.95. The molecule has 0 aliphatic carbocycles. The molecule has 2 aromatic rings. The summed E-state index contributed by atoms with van der Waals surface area (Å²) in [7, 11) is -3.52. The second-order valence-electron chi connectivity index (χ2n) is 6.82. The van der Waals surface area contributed by atoms with Gasteiger partial charge in [-0.05, 0) is 30.8 Å². The summed E-state index contributed by atoms with van der Waals surface area (Å²) in [5.74, 6) is 0.805. The predicted octanol–water partition coefficient (Wildman–Crippen LogP) is 2.39. The summed E-state index contributed by atoms with van der Waals surface area (Å²) >= 11 is 0. The van der Waals surface area contributed by atoms with Crippen LogP contribution in [0.5, 0.6) is 0 Å². The van der Waals surface area contributed by atoms with Crippen molar-refractivity contribution in [1.82, 2.24) is 14.2 Å². The Bertz CT molecular complexity index is 967. The summed E-state index contributed by atoms with van der Waals surface area (Å²) < 4.78 is 32.6. The number of piperazine rings is 1. The van der Waals surface area contributed by atoms with Crippen LogP contribution in [0.1, 0.15) is 26.5 Å². The van der Waals surface area contributed by atoms with E-state index in [0.29, 0.717) is 30.4 Å². The van der Waals surface area contributed by atoms with E-state index in [1.165, 1.54) is 4.31 Å². The topological polar surface area (TPSA) is 93.7 Å². The maximum atomic E-state index is 12.6. The number of sulfonamides is 1. The largest absolute Gasteiger partial charge is 0.419 e. The fourth-order valence-electron chi connectivity index (χ4n) is 3.47. The number of nitriles is 1. The summed E-state index contributed by atoms with van der Waals surface area (Å²) in [6.07, 6.45) is 0. The number of likely N-dealkylation sites (N-methyl/N-ethyl adjacent to an activating group) is 1. The number of benzene rings is 1. The molecule has 0 unspecified atom stereocenters. The molecule has 1 aliphatic heterocycles. The van der Waals surface area contributed by atoms with E-state index in [4.69, 9.17) is 4.42 Å². The summed E-state index contributed by atoms with van der Waals surface area (Å²) in [4.78, 5) is 8.94. The van der Waals surface area contributed by atoms with E-state index in [1.54, 1.807) is 24.3 Å². The highest BCUT2D eigenvalue weighted by atomic mass is 32.2. The first-order valence-electron chi connectivity index (χ1n) is 9.93. The van der Waals surface area contributed by atoms with E-state index >= 15 is 0 Å². The van der Waals surface area contributed by atoms with Gasteiger partial charge in [0.2, 0.25) is 27.5 Å². The number of hydrogen-bond acceptors (Lipinski definition) is 7. The lowest BCUT2D eigenvalue weighted by atomic mass is 10.2. The zero-order valence-electron chi connectivity index (χ0n) is 17.1. The van der Waals surface area contributed by atoms with Crippen molar-refractivity contribution in [3.8, 4) is 17.5 Å². The Morgan fingerprint density at radius 3 is 2.24 bits per heavy atom. The lowest BCUT2D eigenvalue weighted by Crippen LogP contribution is -2.46. The van der Waals surface area contributed by atoms with E-state index < -0.39 is 10.0 Å². The Morgan fingerprint density at radius 2 is 1.72 bits per heavy atom. The Kier molecular flexibility index (Phi) is 6.57. The van der Waals surface area contributed by atoms with Crippen molar-refractivity contribution in [3.05, 3.63) is 30.0 Å². The maximum Gasteiger partial charge on any atom is 0.243 e. The van der Waals surface area contributed by atoms with Crippen LogP contribution in [0.15, 0.2) is 33.6 Å². The van der Waals surface area contributed by atoms with Gasteiger partial charge in [0.1, 0.15) is 6.07 Å². The molecule has 0 N–H and O–H groups in total. The Morgan fingerprint density at radius 1 is 1.10 bits per heavy atom. The highest BCUT2D eigenvalue weighted by Gasteiger charge is 2.25. The lowest BCUT2D eigenvalue weighted by Gasteiger charge is -2.33. The maximum absolute atomic E-state index is 12.6. The normalized spacial score (nSPS) is 15.6. The predicted molar refractivity (Wildman–Crippen MR) is 111 cm³/mol. The van der Waals surface area contributed by atoms with Crippen molar-refractivity contribution in [2.75, 3.05) is 50.7 Å². The summed E-state index contributed by atoms with van der Waals surface area (Å²) in [6.45, 7) is 11.0. The molecule has 0 amide bonds. The van der Waals surface area contributed by atoms with Gasteiger partial charge >= 0.3 is 0 Å². The van der Waals surface area contributed by atoms with Crippen molar-refractivity contribution >= 4 is 15.9 Å². The average molecular weight is 418 g/mol. The van der Waals surface area contributed by atoms with Gasteiger partial charge < -0.3 is 14.2 Å². The Balaban J connectivity index is 1.85. The zero-order chi connectivity index (χ0) is 21.0. The third-order valence-corrected chi connectivity index (χ3v) is 7.33. The standard InChI is InChI=1S/C20H27N5O3S/c1-4-23-11-13-24(14-12-23)20-18(15-21)22-19(28-20)16-7-9-17(10-8-16)29(26,27)25(5-2)6-3/h7-10H,4-6,11-14H2,1-3H3. The average Bonchev–Trinajstić information content (AvgIpc) is 3.19. The molecule has 0 radical (unpaired) electrons. The van der Waals surface area contributed by atoms with Crippen molar-refractivity contribution in [2.45, 2.75) is 25.7 Å². The van der Waals surface area contributed by atoms with Crippen LogP contribution >= 0.6 is 0 Å². The monoisotopic (exact) mass is 417 g/mol. The van der Waals surface area contributed by atoms with Gasteiger partial charge in [-0.25, -0.2) is 8.42 Å². The first-order valence-corrected chi connectivity index (χ1v) is 11.4. The minimum atomic E-state index is -3.52. The van der Waals surface area contributed by atoms with Crippen molar-refractivity contribution in [1.29, 1.82) is 5.26 Å². The molecule has 0 atom stereocenters. The molecular formula is C20H27N5O3S. The van der Waals surface area contributed by atoms with Gasteiger partial charge in [-0.1, -0.05) is 20.8 Å². The van der Waals surface area contributed by atoms with Crippen LogP contribution in [0.4, 0.5) is 5.88 Å². The number of aromatic nitrogens is 1. The third kappa shape index (κ3) is 4.29. The summed E-state index contributed by atoms with van der Waals surface area (Å²) in [5.41, 5.74) is 0.892. The van der Waals surface area contributed by atoms with E-state index in [2.05, 4.69) is 22.9 Å². The molecule has 156 valence electrons. The number of oxazole rings is 1. The quantitative estimate of drug-likeness (QED) is 0.683. The lowest BCUT2D eigenvalue weighted by molar-refractivity contribution is 0.266. The van der Waals surface area contributed by atoms with Crippen LogP contribution in [0.2, 0.25) is 0 Å². The summed E-state index contributed by atoms with van der Waals surface area (Å²) in [6, 6.07) is 8.56. The molecule has 1 saturated heterocycles. The minimum Gasteiger partial charge on any atom is -0.419 e. The molecule has 0 spiro atoms. The molecule has 0 bridgehead atoms. The van der Waals surface area contributed by atoms with Gasteiger partial charge in [-0.2, -0.15) is 14.6 Å². The second-order valence-corrected chi connectivity index (χ2v) is 8.76. The van der Waals surface area contributed by atoms with Crippen LogP contribution in [0, 0.1) is 11.3 Å². The van der Waals surface area contributed by atoms with Gasteiger partial charge in [0, 0.05) is 44.8 Å². The van der Waals surface area contributed by atoms with Crippen LogP contribution in [-0.4, -0.2) is 68.4 Å². The first-order chi connectivity index (χ1) is 13.9. The van der Waals surface area contributed by atoms with E-state index in [0.717, 1.165) is 32.7 Å². The fourth-order valence-corrected chi connectivity index (χ4v) is 4.93. The molecule has 1 aliphatic rings. The fraction of sp³-hybridized carbons (Fsp3) is 0.500. The third-order valence-electron chi connectivity index (χ3n) is 5.27. The van der Waals surface area contributed by atoms with Crippen LogP contribution in [-0.2, 0) is 10.0 Å². The zero-order valence-corrected chi connectivity index (χ0v) is 17.9. The molecule has 9 heteroatoms. The minimum absolute atomic E-state index is 0.230. The molecule has 3 rings (SSSR count). The smallest absolute Gasteiger partial charge is 0.243 e. The molecule has 1 aromatic carbocycles. The number of hydrogen-bond donors (Lipinski definition) is 0. The molecule has 29 heavy (non-hydrogen) atoms. The van der Waals surface area contributed by atoms with Crippen molar-refractivity contribution in [3.63, 3.8) is 0 Å². The van der Waals surface area contributed by atoms with Gasteiger partial charge in [0.05, 0.1) is 4.90 Å². The van der Waals surface area contributed by atoms with Crippen LogP contribution in [0.3, 0.4) is 0 Å². The first kappa shape index (κ1) is 21.3. The summed E-state index contributed by atoms with van der Waals surface area (Å²) in [5, 5.41) is 9.48. The number of rotatable bonds is 7. The molecule has 8 nitrogen and oxygen atoms in total. The molecule has 1 fully saturated rings. The van der Waals surface area contributed by atoms with Crippen LogP contribution in [0.25, 0.3) is 11.5 Å². The van der Waals surface area contributed by atoms with Crippen molar-refractivity contribution in [2.24, 2.45) is 0 Å². The van der Waals surface area contributed by atoms with Gasteiger partial charge in [-0.3, -0.25) is 0 Å². The number of nitrogens with zero attached hydrogens (tertiary/aromatic N) is 5. The van der Waals surface area contributed by atoms with Gasteiger partial charge in [0.15, 0.2) is 0 Å². The van der Waals surface area contributed by atoms with Gasteiger partial charge in [-0.15, -0.1) is 0 Å². The van der Waals surface area contributed by atoms with E-state index in [9.17, 15) is 13.7 Å². The molecule has 2 heterocycles. The Hall–Kier alpha value is -2.41. The van der Waals surface area contributed by atoms with E-state index in [1.807, 2.05) is 18.7 Å².